The molecular weight excluding hydrogens is 324 g/mol. The molecule has 0 saturated heterocycles. The van der Waals surface area contributed by atoms with Crippen molar-refractivity contribution in [1.82, 2.24) is 5.32 Å². The Balaban J connectivity index is 1.69. The highest BCUT2D eigenvalue weighted by molar-refractivity contribution is 7.80. The summed E-state index contributed by atoms with van der Waals surface area (Å²) >= 11 is 11.2. The zero-order valence-electron chi connectivity index (χ0n) is 13.6. The Bertz CT molecular complexity index is 638. The smallest absolute Gasteiger partial charge is 0.170 e. The summed E-state index contributed by atoms with van der Waals surface area (Å²) in [5.74, 6) is 0.584. The molecule has 2 nitrogen and oxygen atoms in total. The molecule has 0 aliphatic rings. The van der Waals surface area contributed by atoms with Crippen LogP contribution in [0.3, 0.4) is 0 Å². The molecule has 0 aromatic heterocycles. The molecule has 4 heteroatoms. The third kappa shape index (κ3) is 6.20. The molecule has 0 spiro atoms. The van der Waals surface area contributed by atoms with Crippen LogP contribution in [0, 0.1) is 0 Å². The first kappa shape index (κ1) is 17.8. The lowest BCUT2D eigenvalue weighted by molar-refractivity contribution is 0.776. The van der Waals surface area contributed by atoms with Gasteiger partial charge in [0.1, 0.15) is 0 Å². The van der Waals surface area contributed by atoms with Crippen LogP contribution in [-0.4, -0.2) is 11.7 Å². The third-order valence-corrected chi connectivity index (χ3v) is 4.14. The number of nitrogens with one attached hydrogen (secondary N) is 2. The van der Waals surface area contributed by atoms with Crippen molar-refractivity contribution < 1.29 is 0 Å². The van der Waals surface area contributed by atoms with Crippen LogP contribution in [0.25, 0.3) is 0 Å². The van der Waals surface area contributed by atoms with Gasteiger partial charge in [-0.1, -0.05) is 55.8 Å². The van der Waals surface area contributed by atoms with E-state index in [0.29, 0.717) is 16.1 Å². The molecule has 2 aromatic carbocycles. The van der Waals surface area contributed by atoms with Crippen LogP contribution < -0.4 is 10.6 Å². The molecule has 122 valence electrons. The summed E-state index contributed by atoms with van der Waals surface area (Å²) in [4.78, 5) is 0. The first-order chi connectivity index (χ1) is 11.0. The summed E-state index contributed by atoms with van der Waals surface area (Å²) in [6, 6.07) is 16.4. The molecule has 0 aliphatic carbocycles. The van der Waals surface area contributed by atoms with E-state index in [1.54, 1.807) is 0 Å². The Morgan fingerprint density at radius 1 is 1.13 bits per heavy atom. The van der Waals surface area contributed by atoms with Crippen molar-refractivity contribution in [1.29, 1.82) is 0 Å². The Morgan fingerprint density at radius 2 is 1.87 bits per heavy atom. The zero-order chi connectivity index (χ0) is 16.7. The number of rotatable bonds is 6. The second kappa shape index (κ2) is 8.90. The van der Waals surface area contributed by atoms with Gasteiger partial charge in [0.25, 0.3) is 0 Å². The van der Waals surface area contributed by atoms with E-state index in [1.807, 2.05) is 24.3 Å². The number of anilines is 1. The quantitative estimate of drug-likeness (QED) is 0.542. The maximum atomic E-state index is 5.95. The minimum Gasteiger partial charge on any atom is -0.362 e. The number of halogens is 1. The highest BCUT2D eigenvalue weighted by atomic mass is 35.5. The Morgan fingerprint density at radius 3 is 2.52 bits per heavy atom. The largest absolute Gasteiger partial charge is 0.362 e. The average molecular weight is 347 g/mol. The first-order valence-corrected chi connectivity index (χ1v) is 8.72. The number of hydrogen-bond donors (Lipinski definition) is 2. The van der Waals surface area contributed by atoms with Crippen LogP contribution in [0.4, 0.5) is 5.69 Å². The predicted octanol–water partition coefficient (Wildman–Crippen LogP) is 5.38. The Hall–Kier alpha value is -1.58. The van der Waals surface area contributed by atoms with Gasteiger partial charge in [0.15, 0.2) is 5.11 Å². The fourth-order valence-electron chi connectivity index (χ4n) is 2.31. The van der Waals surface area contributed by atoms with Crippen molar-refractivity contribution >= 4 is 34.6 Å². The second-order valence-corrected chi connectivity index (χ2v) is 6.74. The number of thiocarbonyl (C=S) groups is 1. The molecule has 0 saturated carbocycles. The molecule has 2 rings (SSSR count). The van der Waals surface area contributed by atoms with E-state index >= 15 is 0 Å². The normalized spacial score (nSPS) is 10.6. The minimum absolute atomic E-state index is 0.584. The van der Waals surface area contributed by atoms with E-state index in [4.69, 9.17) is 23.8 Å². The Kier molecular flexibility index (Phi) is 6.87. The average Bonchev–Trinajstić information content (AvgIpc) is 2.52. The lowest BCUT2D eigenvalue weighted by Crippen LogP contribution is -2.29. The summed E-state index contributed by atoms with van der Waals surface area (Å²) in [7, 11) is 0. The third-order valence-electron chi connectivity index (χ3n) is 3.66. The van der Waals surface area contributed by atoms with Gasteiger partial charge in [-0.2, -0.15) is 0 Å². The van der Waals surface area contributed by atoms with Crippen LogP contribution in [0.1, 0.15) is 37.3 Å². The summed E-state index contributed by atoms with van der Waals surface area (Å²) in [6.07, 6.45) is 2.09. The van der Waals surface area contributed by atoms with E-state index < -0.39 is 0 Å². The maximum absolute atomic E-state index is 5.95. The molecule has 0 bridgehead atoms. The molecule has 0 fully saturated rings. The molecule has 2 aromatic rings. The molecule has 23 heavy (non-hydrogen) atoms. The molecule has 0 amide bonds. The van der Waals surface area contributed by atoms with Gasteiger partial charge in [-0.3, -0.25) is 0 Å². The highest BCUT2D eigenvalue weighted by Crippen LogP contribution is 2.16. The van der Waals surface area contributed by atoms with Crippen molar-refractivity contribution in [3.05, 3.63) is 64.7 Å². The van der Waals surface area contributed by atoms with Gasteiger partial charge in [0.05, 0.1) is 0 Å². The fraction of sp³-hybridized carbons (Fsp3) is 0.316. The van der Waals surface area contributed by atoms with Crippen LogP contribution in [0.15, 0.2) is 48.5 Å². The summed E-state index contributed by atoms with van der Waals surface area (Å²) in [5, 5.41) is 7.69. The van der Waals surface area contributed by atoms with Crippen LogP contribution >= 0.6 is 23.8 Å². The zero-order valence-corrected chi connectivity index (χ0v) is 15.2. The molecular formula is C19H23ClN2S. The van der Waals surface area contributed by atoms with Crippen molar-refractivity contribution in [2.45, 2.75) is 32.6 Å². The van der Waals surface area contributed by atoms with Crippen molar-refractivity contribution in [2.75, 3.05) is 11.9 Å². The van der Waals surface area contributed by atoms with E-state index in [0.717, 1.165) is 25.1 Å². The SMILES string of the molecule is CC(C)c1ccc(CCCNC(=S)Nc2cccc(Cl)c2)cc1. The van der Waals surface area contributed by atoms with Crippen LogP contribution in [-0.2, 0) is 6.42 Å². The lowest BCUT2D eigenvalue weighted by Gasteiger charge is -2.11. The van der Waals surface area contributed by atoms with Gasteiger partial charge in [0.2, 0.25) is 0 Å². The predicted molar refractivity (Wildman–Crippen MR) is 105 cm³/mol. The Labute approximate surface area is 149 Å². The van der Waals surface area contributed by atoms with Crippen molar-refractivity contribution in [3.8, 4) is 0 Å². The lowest BCUT2D eigenvalue weighted by atomic mass is 10.0. The van der Waals surface area contributed by atoms with E-state index in [-0.39, 0.29) is 0 Å². The summed E-state index contributed by atoms with van der Waals surface area (Å²) in [6.45, 7) is 5.28. The highest BCUT2D eigenvalue weighted by Gasteiger charge is 2.00. The van der Waals surface area contributed by atoms with Gasteiger partial charge in [-0.05, 0) is 60.3 Å². The van der Waals surface area contributed by atoms with E-state index in [9.17, 15) is 0 Å². The topological polar surface area (TPSA) is 24.1 Å². The summed E-state index contributed by atoms with van der Waals surface area (Å²) < 4.78 is 0. The monoisotopic (exact) mass is 346 g/mol. The van der Waals surface area contributed by atoms with Gasteiger partial charge in [0, 0.05) is 17.3 Å². The standard InChI is InChI=1S/C19H23ClN2S/c1-14(2)16-10-8-15(9-11-16)5-4-12-21-19(23)22-18-7-3-6-17(20)13-18/h3,6-11,13-14H,4-5,12H2,1-2H3,(H2,21,22,23). The molecule has 0 unspecified atom stereocenters. The maximum Gasteiger partial charge on any atom is 0.170 e. The van der Waals surface area contributed by atoms with Crippen molar-refractivity contribution in [2.24, 2.45) is 0 Å². The summed E-state index contributed by atoms with van der Waals surface area (Å²) in [5.41, 5.74) is 3.66. The van der Waals surface area contributed by atoms with Gasteiger partial charge < -0.3 is 10.6 Å². The number of aryl methyl sites for hydroxylation is 1. The van der Waals surface area contributed by atoms with E-state index in [2.05, 4.69) is 48.7 Å². The van der Waals surface area contributed by atoms with Crippen LogP contribution in [0.5, 0.6) is 0 Å². The molecule has 0 radical (unpaired) electrons. The fourth-order valence-corrected chi connectivity index (χ4v) is 2.72. The van der Waals surface area contributed by atoms with Crippen LogP contribution in [0.2, 0.25) is 5.02 Å². The molecule has 0 aliphatic heterocycles. The van der Waals surface area contributed by atoms with E-state index in [1.165, 1.54) is 11.1 Å². The molecule has 2 N–H and O–H groups in total. The number of benzene rings is 2. The van der Waals surface area contributed by atoms with Crippen molar-refractivity contribution in [3.63, 3.8) is 0 Å². The molecule has 0 heterocycles. The number of hydrogen-bond acceptors (Lipinski definition) is 1. The van der Waals surface area contributed by atoms with Gasteiger partial charge in [-0.15, -0.1) is 0 Å². The van der Waals surface area contributed by atoms with Gasteiger partial charge in [-0.25, -0.2) is 0 Å². The first-order valence-electron chi connectivity index (χ1n) is 7.94. The minimum atomic E-state index is 0.584. The van der Waals surface area contributed by atoms with Gasteiger partial charge >= 0.3 is 0 Å². The molecule has 0 atom stereocenters. The second-order valence-electron chi connectivity index (χ2n) is 5.89.